The molecule has 0 bridgehead atoms. The molecular weight excluding hydrogens is 138 g/mol. The van der Waals surface area contributed by atoms with Crippen LogP contribution in [0.25, 0.3) is 0 Å². The van der Waals surface area contributed by atoms with Crippen LogP contribution >= 0.6 is 0 Å². The summed E-state index contributed by atoms with van der Waals surface area (Å²) >= 11 is 0. The topological polar surface area (TPSA) is 20.3 Å². The highest BCUT2D eigenvalue weighted by atomic mass is 16.2. The number of allylic oxidation sites excluding steroid dienone is 1. The van der Waals surface area contributed by atoms with Crippen LogP contribution in [0.15, 0.2) is 12.2 Å². The quantitative estimate of drug-likeness (QED) is 0.551. The van der Waals surface area contributed by atoms with Gasteiger partial charge < -0.3 is 4.90 Å². The molecular formula is C9H15NO. The number of rotatable bonds is 2. The molecule has 0 saturated carbocycles. The predicted octanol–water partition coefficient (Wildman–Crippen LogP) is 1.58. The molecule has 0 aromatic heterocycles. The Bertz CT molecular complexity index is 157. The smallest absolute Gasteiger partial charge is 0.246 e. The van der Waals surface area contributed by atoms with Crippen LogP contribution < -0.4 is 0 Å². The molecule has 1 saturated heterocycles. The van der Waals surface area contributed by atoms with E-state index in [9.17, 15) is 4.79 Å². The van der Waals surface area contributed by atoms with Gasteiger partial charge >= 0.3 is 0 Å². The van der Waals surface area contributed by atoms with Gasteiger partial charge in [0.05, 0.1) is 0 Å². The second-order valence-electron chi connectivity index (χ2n) is 2.84. The summed E-state index contributed by atoms with van der Waals surface area (Å²) in [7, 11) is 0. The zero-order chi connectivity index (χ0) is 8.10. The van der Waals surface area contributed by atoms with Gasteiger partial charge in [-0.25, -0.2) is 0 Å². The lowest BCUT2D eigenvalue weighted by Gasteiger charge is -2.11. The predicted molar refractivity (Wildman–Crippen MR) is 45.2 cm³/mol. The normalized spacial score (nSPS) is 18.1. The van der Waals surface area contributed by atoms with Gasteiger partial charge in [-0.15, -0.1) is 0 Å². The molecule has 62 valence electrons. The molecule has 1 aliphatic heterocycles. The van der Waals surface area contributed by atoms with Crippen LogP contribution in [0.5, 0.6) is 0 Å². The average Bonchev–Trinajstić information content (AvgIpc) is 2.52. The Hall–Kier alpha value is -0.790. The summed E-state index contributed by atoms with van der Waals surface area (Å²) in [5.41, 5.74) is 0. The lowest BCUT2D eigenvalue weighted by molar-refractivity contribution is -0.125. The van der Waals surface area contributed by atoms with Crippen LogP contribution in [-0.2, 0) is 4.79 Å². The van der Waals surface area contributed by atoms with E-state index in [2.05, 4.69) is 0 Å². The highest BCUT2D eigenvalue weighted by Gasteiger charge is 2.14. The molecule has 1 amide bonds. The van der Waals surface area contributed by atoms with Crippen molar-refractivity contribution in [1.82, 2.24) is 4.90 Å². The fourth-order valence-electron chi connectivity index (χ4n) is 1.26. The van der Waals surface area contributed by atoms with E-state index in [1.54, 1.807) is 6.08 Å². The molecule has 1 fully saturated rings. The summed E-state index contributed by atoms with van der Waals surface area (Å²) in [6.45, 7) is 3.94. The van der Waals surface area contributed by atoms with Crippen molar-refractivity contribution in [1.29, 1.82) is 0 Å². The van der Waals surface area contributed by atoms with Crippen LogP contribution in [0.3, 0.4) is 0 Å². The van der Waals surface area contributed by atoms with Crippen molar-refractivity contribution in [2.24, 2.45) is 0 Å². The first-order chi connectivity index (χ1) is 5.34. The van der Waals surface area contributed by atoms with Gasteiger partial charge in [0.15, 0.2) is 0 Å². The zero-order valence-corrected chi connectivity index (χ0v) is 7.05. The summed E-state index contributed by atoms with van der Waals surface area (Å²) < 4.78 is 0. The van der Waals surface area contributed by atoms with Gasteiger partial charge in [0.25, 0.3) is 0 Å². The summed E-state index contributed by atoms with van der Waals surface area (Å²) in [5, 5.41) is 0. The Balaban J connectivity index is 2.34. The molecule has 0 spiro atoms. The van der Waals surface area contributed by atoms with E-state index >= 15 is 0 Å². The Morgan fingerprint density at radius 2 is 2.09 bits per heavy atom. The van der Waals surface area contributed by atoms with Crippen molar-refractivity contribution in [3.63, 3.8) is 0 Å². The fourth-order valence-corrected chi connectivity index (χ4v) is 1.26. The van der Waals surface area contributed by atoms with Crippen LogP contribution in [0.1, 0.15) is 26.2 Å². The van der Waals surface area contributed by atoms with Crippen molar-refractivity contribution >= 4 is 5.91 Å². The second kappa shape index (κ2) is 4.16. The largest absolute Gasteiger partial charge is 0.339 e. The molecule has 0 aromatic rings. The van der Waals surface area contributed by atoms with E-state index in [4.69, 9.17) is 0 Å². The third kappa shape index (κ3) is 2.37. The second-order valence-corrected chi connectivity index (χ2v) is 2.84. The number of carbonyl (C=O) groups is 1. The SMILES string of the molecule is CC/C=C/C(=O)N1CCCC1. The zero-order valence-electron chi connectivity index (χ0n) is 7.05. The number of hydrogen-bond donors (Lipinski definition) is 0. The standard InChI is InChI=1S/C9H15NO/c1-2-3-6-9(11)10-7-4-5-8-10/h3,6H,2,4-5,7-8H2,1H3/b6-3+. The molecule has 0 aliphatic carbocycles. The van der Waals surface area contributed by atoms with Gasteiger partial charge in [0.1, 0.15) is 0 Å². The van der Waals surface area contributed by atoms with E-state index in [-0.39, 0.29) is 5.91 Å². The van der Waals surface area contributed by atoms with Crippen molar-refractivity contribution in [2.45, 2.75) is 26.2 Å². The summed E-state index contributed by atoms with van der Waals surface area (Å²) in [5.74, 6) is 0.185. The van der Waals surface area contributed by atoms with E-state index in [1.165, 1.54) is 12.8 Å². The summed E-state index contributed by atoms with van der Waals surface area (Å²) in [4.78, 5) is 13.2. The van der Waals surface area contributed by atoms with E-state index < -0.39 is 0 Å². The number of nitrogens with zero attached hydrogens (tertiary/aromatic N) is 1. The first-order valence-corrected chi connectivity index (χ1v) is 4.30. The monoisotopic (exact) mass is 153 g/mol. The van der Waals surface area contributed by atoms with Crippen LogP contribution in [-0.4, -0.2) is 23.9 Å². The van der Waals surface area contributed by atoms with Crippen LogP contribution in [0.4, 0.5) is 0 Å². The molecule has 2 nitrogen and oxygen atoms in total. The molecule has 0 atom stereocenters. The van der Waals surface area contributed by atoms with Crippen molar-refractivity contribution < 1.29 is 4.79 Å². The first-order valence-electron chi connectivity index (χ1n) is 4.30. The van der Waals surface area contributed by atoms with Crippen LogP contribution in [0, 0.1) is 0 Å². The Morgan fingerprint density at radius 1 is 1.45 bits per heavy atom. The average molecular weight is 153 g/mol. The molecule has 0 N–H and O–H groups in total. The molecule has 1 heterocycles. The first kappa shape index (κ1) is 8.31. The number of likely N-dealkylation sites (tertiary alicyclic amines) is 1. The minimum absolute atomic E-state index is 0.185. The Kier molecular flexibility index (Phi) is 3.14. The summed E-state index contributed by atoms with van der Waals surface area (Å²) in [6.07, 6.45) is 6.89. The maximum absolute atomic E-state index is 11.2. The van der Waals surface area contributed by atoms with Crippen molar-refractivity contribution in [3.8, 4) is 0 Å². The highest BCUT2D eigenvalue weighted by Crippen LogP contribution is 2.07. The van der Waals surface area contributed by atoms with Gasteiger partial charge in [-0.2, -0.15) is 0 Å². The van der Waals surface area contributed by atoms with E-state index in [0.29, 0.717) is 0 Å². The number of amides is 1. The van der Waals surface area contributed by atoms with Crippen molar-refractivity contribution in [2.75, 3.05) is 13.1 Å². The molecule has 0 aromatic carbocycles. The molecule has 11 heavy (non-hydrogen) atoms. The minimum Gasteiger partial charge on any atom is -0.339 e. The van der Waals surface area contributed by atoms with Gasteiger partial charge in [-0.3, -0.25) is 4.79 Å². The maximum Gasteiger partial charge on any atom is 0.246 e. The Morgan fingerprint density at radius 3 is 2.64 bits per heavy atom. The minimum atomic E-state index is 0.185. The molecule has 1 aliphatic rings. The van der Waals surface area contributed by atoms with Gasteiger partial charge in [0.2, 0.25) is 5.91 Å². The molecule has 0 unspecified atom stereocenters. The third-order valence-electron chi connectivity index (χ3n) is 1.91. The lowest BCUT2D eigenvalue weighted by Crippen LogP contribution is -2.25. The fraction of sp³-hybridized carbons (Fsp3) is 0.667. The van der Waals surface area contributed by atoms with Crippen molar-refractivity contribution in [3.05, 3.63) is 12.2 Å². The highest BCUT2D eigenvalue weighted by molar-refractivity contribution is 5.87. The van der Waals surface area contributed by atoms with Crippen LogP contribution in [0.2, 0.25) is 0 Å². The number of hydrogen-bond acceptors (Lipinski definition) is 1. The maximum atomic E-state index is 11.2. The van der Waals surface area contributed by atoms with E-state index in [0.717, 1.165) is 19.5 Å². The Labute approximate surface area is 67.9 Å². The number of carbonyl (C=O) groups excluding carboxylic acids is 1. The molecule has 2 heteroatoms. The molecule has 0 radical (unpaired) electrons. The van der Waals surface area contributed by atoms with Gasteiger partial charge in [-0.1, -0.05) is 13.0 Å². The lowest BCUT2D eigenvalue weighted by atomic mass is 10.4. The summed E-state index contributed by atoms with van der Waals surface area (Å²) in [6, 6.07) is 0. The van der Waals surface area contributed by atoms with E-state index in [1.807, 2.05) is 17.9 Å². The van der Waals surface area contributed by atoms with Gasteiger partial charge in [-0.05, 0) is 25.3 Å². The molecule has 1 rings (SSSR count). The third-order valence-corrected chi connectivity index (χ3v) is 1.91. The van der Waals surface area contributed by atoms with Gasteiger partial charge in [0, 0.05) is 13.1 Å².